The van der Waals surface area contributed by atoms with Crippen LogP contribution in [0.1, 0.15) is 43.7 Å². The molecule has 1 amide bonds. The van der Waals surface area contributed by atoms with E-state index in [9.17, 15) is 4.79 Å². The maximum absolute atomic E-state index is 12.4. The monoisotopic (exact) mass is 256 g/mol. The van der Waals surface area contributed by atoms with Crippen molar-refractivity contribution in [2.75, 3.05) is 0 Å². The quantitative estimate of drug-likeness (QED) is 0.904. The Hall–Kier alpha value is -1.82. The third-order valence-corrected chi connectivity index (χ3v) is 3.79. The third-order valence-electron chi connectivity index (χ3n) is 3.79. The first-order valence-corrected chi connectivity index (χ1v) is 6.91. The van der Waals surface area contributed by atoms with E-state index in [-0.39, 0.29) is 17.7 Å². The Morgan fingerprint density at radius 1 is 1.42 bits per heavy atom. The van der Waals surface area contributed by atoms with Gasteiger partial charge in [-0.15, -0.1) is 0 Å². The maximum Gasteiger partial charge on any atom is 0.228 e. The van der Waals surface area contributed by atoms with E-state index in [0.29, 0.717) is 0 Å². The number of nitrogens with zero attached hydrogens (tertiary/aromatic N) is 1. The van der Waals surface area contributed by atoms with Gasteiger partial charge in [-0.25, -0.2) is 0 Å². The van der Waals surface area contributed by atoms with Crippen LogP contribution in [-0.2, 0) is 11.2 Å². The lowest BCUT2D eigenvalue weighted by Crippen LogP contribution is -2.41. The summed E-state index contributed by atoms with van der Waals surface area (Å²) < 4.78 is 0. The first kappa shape index (κ1) is 13.6. The molecular formula is C16H20N2O. The minimum atomic E-state index is -0.401. The van der Waals surface area contributed by atoms with Gasteiger partial charge in [-0.2, -0.15) is 5.26 Å². The fourth-order valence-corrected chi connectivity index (χ4v) is 2.63. The van der Waals surface area contributed by atoms with Crippen molar-refractivity contribution in [3.8, 4) is 6.07 Å². The summed E-state index contributed by atoms with van der Waals surface area (Å²) in [5.41, 5.74) is 2.40. The molecule has 0 saturated heterocycles. The van der Waals surface area contributed by atoms with E-state index >= 15 is 0 Å². The van der Waals surface area contributed by atoms with Gasteiger partial charge in [0.05, 0.1) is 12.0 Å². The van der Waals surface area contributed by atoms with E-state index in [1.807, 2.05) is 32.0 Å². The zero-order chi connectivity index (χ0) is 13.8. The average molecular weight is 256 g/mol. The molecule has 0 radical (unpaired) electrons. The van der Waals surface area contributed by atoms with Crippen molar-refractivity contribution in [1.29, 1.82) is 5.26 Å². The molecule has 2 atom stereocenters. The van der Waals surface area contributed by atoms with Gasteiger partial charge < -0.3 is 5.32 Å². The molecule has 2 rings (SSSR count). The summed E-state index contributed by atoms with van der Waals surface area (Å²) >= 11 is 0. The smallest absolute Gasteiger partial charge is 0.228 e. The summed E-state index contributed by atoms with van der Waals surface area (Å²) in [5.74, 6) is 0.0275. The molecule has 19 heavy (non-hydrogen) atoms. The molecule has 0 aliphatic heterocycles. The van der Waals surface area contributed by atoms with Gasteiger partial charge in [0.25, 0.3) is 0 Å². The maximum atomic E-state index is 12.4. The molecule has 0 aromatic heterocycles. The van der Waals surface area contributed by atoms with Crippen LogP contribution in [0.5, 0.6) is 0 Å². The number of nitriles is 1. The molecule has 1 aliphatic carbocycles. The second kappa shape index (κ2) is 5.88. The molecule has 2 unspecified atom stereocenters. The van der Waals surface area contributed by atoms with Crippen molar-refractivity contribution in [2.24, 2.45) is 5.92 Å². The summed E-state index contributed by atoms with van der Waals surface area (Å²) in [4.78, 5) is 12.4. The first-order chi connectivity index (χ1) is 9.13. The van der Waals surface area contributed by atoms with Crippen LogP contribution < -0.4 is 5.32 Å². The second-order valence-corrected chi connectivity index (χ2v) is 5.50. The van der Waals surface area contributed by atoms with Crippen molar-refractivity contribution in [3.63, 3.8) is 0 Å². The molecule has 0 bridgehead atoms. The average Bonchev–Trinajstić information content (AvgIpc) is 2.43. The van der Waals surface area contributed by atoms with Crippen LogP contribution in [0.3, 0.4) is 0 Å². The fraction of sp³-hybridized carbons (Fsp3) is 0.500. The number of rotatable bonds is 3. The highest BCUT2D eigenvalue weighted by Crippen LogP contribution is 2.31. The number of amides is 1. The van der Waals surface area contributed by atoms with Gasteiger partial charge in [0, 0.05) is 0 Å². The van der Waals surface area contributed by atoms with Gasteiger partial charge in [0.15, 0.2) is 0 Å². The first-order valence-electron chi connectivity index (χ1n) is 6.91. The Labute approximate surface area is 114 Å². The number of fused-ring (bicyclic) bond motifs is 1. The molecule has 1 aromatic rings. The summed E-state index contributed by atoms with van der Waals surface area (Å²) in [6, 6.07) is 9.90. The summed E-state index contributed by atoms with van der Waals surface area (Å²) in [6.07, 6.45) is 2.96. The molecular weight excluding hydrogens is 236 g/mol. The van der Waals surface area contributed by atoms with E-state index < -0.39 is 6.04 Å². The van der Waals surface area contributed by atoms with Gasteiger partial charge >= 0.3 is 0 Å². The van der Waals surface area contributed by atoms with Gasteiger partial charge in [0.2, 0.25) is 5.91 Å². The van der Waals surface area contributed by atoms with Crippen LogP contribution in [0.25, 0.3) is 0 Å². The lowest BCUT2D eigenvalue weighted by atomic mass is 9.82. The largest absolute Gasteiger partial charge is 0.340 e. The highest BCUT2D eigenvalue weighted by Gasteiger charge is 2.28. The number of carbonyl (C=O) groups excluding carboxylic acids is 1. The minimum Gasteiger partial charge on any atom is -0.340 e. The predicted octanol–water partition coefficient (Wildman–Crippen LogP) is 2.77. The van der Waals surface area contributed by atoms with E-state index in [4.69, 9.17) is 5.26 Å². The van der Waals surface area contributed by atoms with Crippen molar-refractivity contribution < 1.29 is 4.79 Å². The van der Waals surface area contributed by atoms with Crippen LogP contribution in [0, 0.1) is 17.2 Å². The number of carbonyl (C=O) groups is 1. The normalized spacial score (nSPS) is 19.4. The molecule has 3 nitrogen and oxygen atoms in total. The molecule has 0 heterocycles. The summed E-state index contributed by atoms with van der Waals surface area (Å²) in [7, 11) is 0. The molecule has 1 aromatic carbocycles. The molecule has 1 aliphatic rings. The standard InChI is InChI=1S/C16H20N2O/c1-11(2)15(10-17)18-16(19)14-9-5-7-12-6-3-4-8-13(12)14/h3-4,6,8,11,14-15H,5,7,9H2,1-2H3,(H,18,19). The van der Waals surface area contributed by atoms with Gasteiger partial charge in [0.1, 0.15) is 6.04 Å². The van der Waals surface area contributed by atoms with Gasteiger partial charge in [-0.3, -0.25) is 4.79 Å². The number of aryl methyl sites for hydroxylation is 1. The summed E-state index contributed by atoms with van der Waals surface area (Å²) in [6.45, 7) is 3.89. The zero-order valence-electron chi connectivity index (χ0n) is 11.5. The van der Waals surface area contributed by atoms with Crippen molar-refractivity contribution in [3.05, 3.63) is 35.4 Å². The van der Waals surface area contributed by atoms with Crippen LogP contribution in [0.4, 0.5) is 0 Å². The van der Waals surface area contributed by atoms with E-state index in [1.165, 1.54) is 5.56 Å². The summed E-state index contributed by atoms with van der Waals surface area (Å²) in [5, 5.41) is 12.0. The molecule has 0 spiro atoms. The van der Waals surface area contributed by atoms with Crippen molar-refractivity contribution >= 4 is 5.91 Å². The minimum absolute atomic E-state index is 0.00704. The second-order valence-electron chi connectivity index (χ2n) is 5.50. The Morgan fingerprint density at radius 2 is 2.16 bits per heavy atom. The lowest BCUT2D eigenvalue weighted by molar-refractivity contribution is -0.123. The number of nitrogens with one attached hydrogen (secondary N) is 1. The Morgan fingerprint density at radius 3 is 2.84 bits per heavy atom. The van der Waals surface area contributed by atoms with E-state index in [2.05, 4.69) is 17.5 Å². The topological polar surface area (TPSA) is 52.9 Å². The number of hydrogen-bond acceptors (Lipinski definition) is 2. The van der Waals surface area contributed by atoms with Crippen LogP contribution in [0.15, 0.2) is 24.3 Å². The van der Waals surface area contributed by atoms with Crippen molar-refractivity contribution in [1.82, 2.24) is 5.32 Å². The lowest BCUT2D eigenvalue weighted by Gasteiger charge is -2.26. The third kappa shape index (κ3) is 2.96. The Bertz CT molecular complexity index is 502. The highest BCUT2D eigenvalue weighted by atomic mass is 16.1. The molecule has 3 heteroatoms. The number of benzene rings is 1. The number of hydrogen-bond donors (Lipinski definition) is 1. The highest BCUT2D eigenvalue weighted by molar-refractivity contribution is 5.84. The SMILES string of the molecule is CC(C)C(C#N)NC(=O)C1CCCc2ccccc21. The van der Waals surface area contributed by atoms with E-state index in [1.54, 1.807) is 0 Å². The van der Waals surface area contributed by atoms with Crippen LogP contribution in [0.2, 0.25) is 0 Å². The van der Waals surface area contributed by atoms with Gasteiger partial charge in [-0.1, -0.05) is 38.1 Å². The molecule has 0 fully saturated rings. The molecule has 1 N–H and O–H groups in total. The Balaban J connectivity index is 2.15. The fourth-order valence-electron chi connectivity index (χ4n) is 2.63. The van der Waals surface area contributed by atoms with Crippen LogP contribution >= 0.6 is 0 Å². The zero-order valence-corrected chi connectivity index (χ0v) is 11.5. The van der Waals surface area contributed by atoms with Gasteiger partial charge in [-0.05, 0) is 36.3 Å². The Kier molecular flexibility index (Phi) is 4.21. The molecule has 0 saturated carbocycles. The van der Waals surface area contributed by atoms with Crippen molar-refractivity contribution in [2.45, 2.75) is 45.1 Å². The van der Waals surface area contributed by atoms with E-state index in [0.717, 1.165) is 24.8 Å². The molecule has 100 valence electrons. The van der Waals surface area contributed by atoms with Crippen LogP contribution in [-0.4, -0.2) is 11.9 Å². The predicted molar refractivity (Wildman–Crippen MR) is 74.5 cm³/mol.